The molecule has 0 saturated carbocycles. The van der Waals surface area contributed by atoms with Gasteiger partial charge in [-0.25, -0.2) is 9.69 Å². The maximum Gasteiger partial charge on any atom is 0.329 e. The van der Waals surface area contributed by atoms with Gasteiger partial charge in [0, 0.05) is 6.07 Å². The lowest BCUT2D eigenvalue weighted by atomic mass is 10.2. The number of nitrogens with two attached hydrogens (primary N) is 1. The third kappa shape index (κ3) is 1.54. The summed E-state index contributed by atoms with van der Waals surface area (Å²) in [5, 5.41) is 2.44. The van der Waals surface area contributed by atoms with E-state index in [9.17, 15) is 9.59 Å². The molecule has 3 N–H and O–H groups in total. The molecule has 0 atom stereocenters. The first-order valence-corrected chi connectivity index (χ1v) is 4.68. The Bertz CT molecular complexity index is 443. The van der Waals surface area contributed by atoms with Gasteiger partial charge in [0.2, 0.25) is 0 Å². The van der Waals surface area contributed by atoms with E-state index in [4.69, 9.17) is 10.5 Å². The van der Waals surface area contributed by atoms with Gasteiger partial charge in [-0.05, 0) is 12.1 Å². The maximum absolute atomic E-state index is 11.4. The molecule has 0 aromatic heterocycles. The quantitative estimate of drug-likeness (QED) is 0.557. The Balaban J connectivity index is 2.40. The molecule has 1 heterocycles. The number of hydrogen-bond acceptors (Lipinski definition) is 4. The van der Waals surface area contributed by atoms with Gasteiger partial charge in [0.15, 0.2) is 0 Å². The van der Waals surface area contributed by atoms with Crippen molar-refractivity contribution in [3.05, 3.63) is 18.2 Å². The molecule has 1 aromatic rings. The molecule has 0 radical (unpaired) electrons. The summed E-state index contributed by atoms with van der Waals surface area (Å²) in [7, 11) is 1.47. The first kappa shape index (κ1) is 10.3. The molecule has 1 aromatic carbocycles. The summed E-state index contributed by atoms with van der Waals surface area (Å²) >= 11 is 0. The Kier molecular flexibility index (Phi) is 2.40. The molecule has 6 heteroatoms. The first-order chi connectivity index (χ1) is 7.63. The zero-order valence-electron chi connectivity index (χ0n) is 8.69. The number of anilines is 2. The number of amides is 3. The molecule has 6 nitrogen and oxygen atoms in total. The summed E-state index contributed by atoms with van der Waals surface area (Å²) in [6.45, 7) is 0.0194. The lowest BCUT2D eigenvalue weighted by Gasteiger charge is -2.14. The van der Waals surface area contributed by atoms with Crippen molar-refractivity contribution in [2.45, 2.75) is 0 Å². The Labute approximate surface area is 92.0 Å². The number of urea groups is 1. The molecule has 1 aliphatic rings. The second kappa shape index (κ2) is 3.73. The topological polar surface area (TPSA) is 84.7 Å². The molecule has 0 bridgehead atoms. The van der Waals surface area contributed by atoms with E-state index < -0.39 is 6.03 Å². The van der Waals surface area contributed by atoms with Gasteiger partial charge in [-0.3, -0.25) is 4.79 Å². The number of imide groups is 1. The molecule has 1 saturated heterocycles. The van der Waals surface area contributed by atoms with Gasteiger partial charge in [0.25, 0.3) is 5.91 Å². The summed E-state index contributed by atoms with van der Waals surface area (Å²) in [4.78, 5) is 23.9. The zero-order valence-corrected chi connectivity index (χ0v) is 8.69. The number of methoxy groups -OCH3 is 1. The molecule has 2 rings (SSSR count). The van der Waals surface area contributed by atoms with Crippen molar-refractivity contribution >= 4 is 23.3 Å². The average Bonchev–Trinajstić information content (AvgIpc) is 2.60. The van der Waals surface area contributed by atoms with Gasteiger partial charge in [-0.1, -0.05) is 0 Å². The van der Waals surface area contributed by atoms with Crippen molar-refractivity contribution in [1.82, 2.24) is 5.32 Å². The highest BCUT2D eigenvalue weighted by Gasteiger charge is 2.30. The molecule has 84 valence electrons. The van der Waals surface area contributed by atoms with Crippen molar-refractivity contribution in [2.24, 2.45) is 0 Å². The highest BCUT2D eigenvalue weighted by Crippen LogP contribution is 2.28. The van der Waals surface area contributed by atoms with E-state index in [-0.39, 0.29) is 12.5 Å². The minimum atomic E-state index is -0.433. The molecule has 1 fully saturated rings. The van der Waals surface area contributed by atoms with Crippen LogP contribution in [0.25, 0.3) is 0 Å². The van der Waals surface area contributed by atoms with Crippen molar-refractivity contribution in [2.75, 3.05) is 24.3 Å². The molecule has 1 aliphatic heterocycles. The van der Waals surface area contributed by atoms with Crippen molar-refractivity contribution in [3.8, 4) is 5.75 Å². The lowest BCUT2D eigenvalue weighted by Crippen LogP contribution is -2.30. The Morgan fingerprint density at radius 2 is 2.19 bits per heavy atom. The zero-order chi connectivity index (χ0) is 11.7. The van der Waals surface area contributed by atoms with Crippen molar-refractivity contribution in [1.29, 1.82) is 0 Å². The largest absolute Gasteiger partial charge is 0.495 e. The molecule has 0 unspecified atom stereocenters. The smallest absolute Gasteiger partial charge is 0.329 e. The van der Waals surface area contributed by atoms with E-state index in [0.717, 1.165) is 4.90 Å². The first-order valence-electron chi connectivity index (χ1n) is 4.68. The van der Waals surface area contributed by atoms with Gasteiger partial charge in [0.05, 0.1) is 25.0 Å². The maximum atomic E-state index is 11.4. The summed E-state index contributed by atoms with van der Waals surface area (Å²) < 4.78 is 5.02. The number of hydrogen-bond donors (Lipinski definition) is 2. The average molecular weight is 221 g/mol. The summed E-state index contributed by atoms with van der Waals surface area (Å²) in [5.41, 5.74) is 6.55. The number of nitrogens with one attached hydrogen (secondary N) is 1. The molecule has 0 spiro atoms. The van der Waals surface area contributed by atoms with E-state index in [2.05, 4.69) is 5.32 Å². The Morgan fingerprint density at radius 1 is 1.44 bits per heavy atom. The highest BCUT2D eigenvalue weighted by molar-refractivity contribution is 6.19. The van der Waals surface area contributed by atoms with Crippen molar-refractivity contribution in [3.63, 3.8) is 0 Å². The van der Waals surface area contributed by atoms with Crippen molar-refractivity contribution < 1.29 is 14.3 Å². The fourth-order valence-electron chi connectivity index (χ4n) is 1.52. The molecule has 3 amide bonds. The second-order valence-electron chi connectivity index (χ2n) is 3.31. The van der Waals surface area contributed by atoms with Crippen LogP contribution in [0.2, 0.25) is 0 Å². The number of carbonyl (C=O) groups excluding carboxylic acids is 2. The van der Waals surface area contributed by atoms with E-state index >= 15 is 0 Å². The van der Waals surface area contributed by atoms with E-state index in [1.165, 1.54) is 7.11 Å². The summed E-state index contributed by atoms with van der Waals surface area (Å²) in [5.74, 6) is 0.141. The summed E-state index contributed by atoms with van der Waals surface area (Å²) in [6, 6.07) is 4.31. The van der Waals surface area contributed by atoms with Crippen LogP contribution in [0.15, 0.2) is 18.2 Å². The van der Waals surface area contributed by atoms with E-state index in [1.807, 2.05) is 0 Å². The molecule has 0 aliphatic carbocycles. The summed E-state index contributed by atoms with van der Waals surface area (Å²) in [6.07, 6.45) is 0. The van der Waals surface area contributed by atoms with Crippen LogP contribution in [0, 0.1) is 0 Å². The third-order valence-electron chi connectivity index (χ3n) is 2.32. The van der Waals surface area contributed by atoms with E-state index in [1.54, 1.807) is 18.2 Å². The van der Waals surface area contributed by atoms with Crippen LogP contribution < -0.4 is 20.7 Å². The van der Waals surface area contributed by atoms with Crippen LogP contribution >= 0.6 is 0 Å². The lowest BCUT2D eigenvalue weighted by molar-refractivity contribution is -0.115. The minimum Gasteiger partial charge on any atom is -0.495 e. The minimum absolute atomic E-state index is 0.0194. The Morgan fingerprint density at radius 3 is 2.75 bits per heavy atom. The molecular weight excluding hydrogens is 210 g/mol. The van der Waals surface area contributed by atoms with Crippen LogP contribution in [0.5, 0.6) is 5.75 Å². The van der Waals surface area contributed by atoms with E-state index in [0.29, 0.717) is 17.1 Å². The standard InChI is InChI=1S/C10H11N3O3/c1-16-8-4-6(2-3-7(8)11)13-9(14)5-12-10(13)15/h2-4H,5,11H2,1H3,(H,12,15). The fourth-order valence-corrected chi connectivity index (χ4v) is 1.52. The van der Waals surface area contributed by atoms with Crippen LogP contribution in [0.1, 0.15) is 0 Å². The van der Waals surface area contributed by atoms with Gasteiger partial charge in [-0.2, -0.15) is 0 Å². The normalized spacial score (nSPS) is 15.2. The predicted octanol–water partition coefficient (Wildman–Crippen LogP) is 0.334. The predicted molar refractivity (Wildman–Crippen MR) is 58.3 cm³/mol. The number of rotatable bonds is 2. The van der Waals surface area contributed by atoms with Crippen LogP contribution in [0.4, 0.5) is 16.2 Å². The fraction of sp³-hybridized carbons (Fsp3) is 0.200. The van der Waals surface area contributed by atoms with Crippen LogP contribution in [-0.2, 0) is 4.79 Å². The molecule has 16 heavy (non-hydrogen) atoms. The van der Waals surface area contributed by atoms with Gasteiger partial charge in [-0.15, -0.1) is 0 Å². The number of nitrogen functional groups attached to an aromatic ring is 1. The van der Waals surface area contributed by atoms with Crippen LogP contribution in [-0.4, -0.2) is 25.6 Å². The molecular formula is C10H11N3O3. The highest BCUT2D eigenvalue weighted by atomic mass is 16.5. The van der Waals surface area contributed by atoms with Gasteiger partial charge >= 0.3 is 6.03 Å². The number of nitrogens with zero attached hydrogens (tertiary/aromatic N) is 1. The monoisotopic (exact) mass is 221 g/mol. The van der Waals surface area contributed by atoms with Gasteiger partial charge < -0.3 is 15.8 Å². The number of carbonyl (C=O) groups is 2. The third-order valence-corrected chi connectivity index (χ3v) is 2.32. The van der Waals surface area contributed by atoms with Gasteiger partial charge in [0.1, 0.15) is 5.75 Å². The SMILES string of the molecule is COc1cc(N2C(=O)CNC2=O)ccc1N. The van der Waals surface area contributed by atoms with Crippen LogP contribution in [0.3, 0.4) is 0 Å². The second-order valence-corrected chi connectivity index (χ2v) is 3.31. The number of benzene rings is 1. The Hall–Kier alpha value is -2.24. The number of ether oxygens (including phenoxy) is 1.